The maximum absolute atomic E-state index is 6.28. The average Bonchev–Trinajstić information content (AvgIpc) is 2.59. The SMILES string of the molecule is CC1(C)Oc2ccccc2-c2c1ccc1cc3ccccc3cc21. The van der Waals surface area contributed by atoms with E-state index in [2.05, 4.69) is 80.6 Å². The third-order valence-electron chi connectivity index (χ3n) is 5.06. The second-order valence-corrected chi connectivity index (χ2v) is 7.02. The molecule has 0 saturated carbocycles. The molecule has 0 bridgehead atoms. The highest BCUT2D eigenvalue weighted by molar-refractivity contribution is 6.07. The number of hydrogen-bond acceptors (Lipinski definition) is 1. The van der Waals surface area contributed by atoms with Gasteiger partial charge in [-0.05, 0) is 53.6 Å². The highest BCUT2D eigenvalue weighted by Crippen LogP contribution is 2.48. The summed E-state index contributed by atoms with van der Waals surface area (Å²) < 4.78 is 6.28. The third-order valence-corrected chi connectivity index (χ3v) is 5.06. The molecule has 0 amide bonds. The summed E-state index contributed by atoms with van der Waals surface area (Å²) in [6.45, 7) is 4.29. The van der Waals surface area contributed by atoms with E-state index in [-0.39, 0.29) is 5.60 Å². The predicted molar refractivity (Wildman–Crippen MR) is 101 cm³/mol. The molecule has 0 spiro atoms. The van der Waals surface area contributed by atoms with Crippen LogP contribution in [0.25, 0.3) is 32.7 Å². The Morgan fingerprint density at radius 1 is 0.708 bits per heavy atom. The molecule has 4 aromatic carbocycles. The van der Waals surface area contributed by atoms with E-state index in [1.54, 1.807) is 0 Å². The van der Waals surface area contributed by atoms with E-state index >= 15 is 0 Å². The molecular weight excluding hydrogens is 292 g/mol. The van der Waals surface area contributed by atoms with Crippen LogP contribution in [-0.2, 0) is 5.60 Å². The molecule has 0 N–H and O–H groups in total. The number of fused-ring (bicyclic) bond motifs is 6. The van der Waals surface area contributed by atoms with Crippen molar-refractivity contribution in [3.8, 4) is 16.9 Å². The van der Waals surface area contributed by atoms with Gasteiger partial charge in [0.2, 0.25) is 0 Å². The van der Waals surface area contributed by atoms with Crippen LogP contribution in [0.15, 0.2) is 72.8 Å². The quantitative estimate of drug-likeness (QED) is 0.347. The molecule has 1 nitrogen and oxygen atoms in total. The fraction of sp³-hybridized carbons (Fsp3) is 0.130. The van der Waals surface area contributed by atoms with Crippen LogP contribution in [-0.4, -0.2) is 0 Å². The van der Waals surface area contributed by atoms with Crippen LogP contribution in [0.5, 0.6) is 5.75 Å². The predicted octanol–water partition coefficient (Wildman–Crippen LogP) is 6.29. The largest absolute Gasteiger partial charge is 0.482 e. The Balaban J connectivity index is 1.97. The van der Waals surface area contributed by atoms with Crippen molar-refractivity contribution in [1.29, 1.82) is 0 Å². The van der Waals surface area contributed by atoms with Gasteiger partial charge in [0.05, 0.1) is 0 Å². The van der Waals surface area contributed by atoms with Crippen molar-refractivity contribution in [3.05, 3.63) is 78.4 Å². The molecule has 5 rings (SSSR count). The lowest BCUT2D eigenvalue weighted by molar-refractivity contribution is 0.106. The van der Waals surface area contributed by atoms with Gasteiger partial charge in [-0.3, -0.25) is 0 Å². The van der Waals surface area contributed by atoms with E-state index in [4.69, 9.17) is 4.74 Å². The zero-order chi connectivity index (χ0) is 16.3. The van der Waals surface area contributed by atoms with Crippen molar-refractivity contribution in [2.75, 3.05) is 0 Å². The van der Waals surface area contributed by atoms with Crippen molar-refractivity contribution < 1.29 is 4.74 Å². The van der Waals surface area contributed by atoms with Gasteiger partial charge in [-0.2, -0.15) is 0 Å². The monoisotopic (exact) mass is 310 g/mol. The Kier molecular flexibility index (Phi) is 2.62. The van der Waals surface area contributed by atoms with Crippen molar-refractivity contribution in [1.82, 2.24) is 0 Å². The number of benzene rings is 4. The third kappa shape index (κ3) is 1.81. The fourth-order valence-corrected chi connectivity index (χ4v) is 3.90. The lowest BCUT2D eigenvalue weighted by Gasteiger charge is -2.35. The smallest absolute Gasteiger partial charge is 0.129 e. The van der Waals surface area contributed by atoms with E-state index in [1.807, 2.05) is 6.07 Å². The van der Waals surface area contributed by atoms with Gasteiger partial charge in [-0.25, -0.2) is 0 Å². The zero-order valence-corrected chi connectivity index (χ0v) is 13.8. The molecule has 1 heterocycles. The van der Waals surface area contributed by atoms with E-state index in [0.717, 1.165) is 5.75 Å². The molecular formula is C23H18O. The maximum Gasteiger partial charge on any atom is 0.129 e. The minimum Gasteiger partial charge on any atom is -0.482 e. The lowest BCUT2D eigenvalue weighted by Crippen LogP contribution is -2.29. The van der Waals surface area contributed by atoms with E-state index in [1.165, 1.54) is 38.2 Å². The minimum absolute atomic E-state index is 0.330. The number of rotatable bonds is 0. The first kappa shape index (κ1) is 13.6. The van der Waals surface area contributed by atoms with Crippen molar-refractivity contribution in [3.63, 3.8) is 0 Å². The summed E-state index contributed by atoms with van der Waals surface area (Å²) in [5.41, 5.74) is 3.42. The number of ether oxygens (including phenoxy) is 1. The summed E-state index contributed by atoms with van der Waals surface area (Å²) in [4.78, 5) is 0. The minimum atomic E-state index is -0.330. The first-order valence-corrected chi connectivity index (χ1v) is 8.38. The summed E-state index contributed by atoms with van der Waals surface area (Å²) in [7, 11) is 0. The van der Waals surface area contributed by atoms with E-state index in [9.17, 15) is 0 Å². The molecule has 24 heavy (non-hydrogen) atoms. The van der Waals surface area contributed by atoms with Crippen LogP contribution in [0.1, 0.15) is 19.4 Å². The van der Waals surface area contributed by atoms with Gasteiger partial charge in [0.25, 0.3) is 0 Å². The zero-order valence-electron chi connectivity index (χ0n) is 13.8. The molecule has 0 saturated heterocycles. The van der Waals surface area contributed by atoms with Crippen molar-refractivity contribution >= 4 is 21.5 Å². The van der Waals surface area contributed by atoms with Crippen LogP contribution in [0.4, 0.5) is 0 Å². The molecule has 0 aliphatic carbocycles. The summed E-state index contributed by atoms with van der Waals surface area (Å²) in [5, 5.41) is 5.14. The highest BCUT2D eigenvalue weighted by Gasteiger charge is 2.33. The molecule has 0 radical (unpaired) electrons. The number of para-hydroxylation sites is 1. The van der Waals surface area contributed by atoms with Crippen LogP contribution >= 0.6 is 0 Å². The van der Waals surface area contributed by atoms with Gasteiger partial charge < -0.3 is 4.74 Å². The molecule has 1 heteroatoms. The maximum atomic E-state index is 6.28. The van der Waals surface area contributed by atoms with Crippen molar-refractivity contribution in [2.24, 2.45) is 0 Å². The van der Waals surface area contributed by atoms with E-state index < -0.39 is 0 Å². The standard InChI is InChI=1S/C23H18O/c1-23(2)20-12-11-17-13-15-7-3-4-8-16(15)14-19(17)22(20)18-9-5-6-10-21(18)24-23/h3-14H,1-2H3. The van der Waals surface area contributed by atoms with Gasteiger partial charge in [0.1, 0.15) is 11.4 Å². The Hall–Kier alpha value is -2.80. The molecule has 0 aromatic heterocycles. The fourth-order valence-electron chi connectivity index (χ4n) is 3.90. The lowest BCUT2D eigenvalue weighted by atomic mass is 9.82. The number of hydrogen-bond donors (Lipinski definition) is 0. The van der Waals surface area contributed by atoms with Crippen molar-refractivity contribution in [2.45, 2.75) is 19.4 Å². The molecule has 0 unspecified atom stereocenters. The van der Waals surface area contributed by atoms with Gasteiger partial charge in [-0.1, -0.05) is 54.6 Å². The van der Waals surface area contributed by atoms with Crippen LogP contribution in [0, 0.1) is 0 Å². The molecule has 0 fully saturated rings. The Labute approximate surface area is 141 Å². The second kappa shape index (κ2) is 4.61. The molecule has 116 valence electrons. The van der Waals surface area contributed by atoms with Crippen LogP contribution in [0.2, 0.25) is 0 Å². The summed E-state index contributed by atoms with van der Waals surface area (Å²) in [6, 6.07) is 26.0. The first-order valence-electron chi connectivity index (χ1n) is 8.38. The second-order valence-electron chi connectivity index (χ2n) is 7.02. The Bertz CT molecular complexity index is 1110. The summed E-state index contributed by atoms with van der Waals surface area (Å²) >= 11 is 0. The van der Waals surface area contributed by atoms with Gasteiger partial charge >= 0.3 is 0 Å². The average molecular weight is 310 g/mol. The molecule has 4 aromatic rings. The Morgan fingerprint density at radius 2 is 1.42 bits per heavy atom. The van der Waals surface area contributed by atoms with Crippen LogP contribution in [0.3, 0.4) is 0 Å². The van der Waals surface area contributed by atoms with Gasteiger partial charge in [-0.15, -0.1) is 0 Å². The van der Waals surface area contributed by atoms with E-state index in [0.29, 0.717) is 0 Å². The topological polar surface area (TPSA) is 9.23 Å². The van der Waals surface area contributed by atoms with Gasteiger partial charge in [0, 0.05) is 16.7 Å². The normalized spacial score (nSPS) is 14.9. The summed E-state index contributed by atoms with van der Waals surface area (Å²) in [6.07, 6.45) is 0. The highest BCUT2D eigenvalue weighted by atomic mass is 16.5. The van der Waals surface area contributed by atoms with Crippen LogP contribution < -0.4 is 4.74 Å². The summed E-state index contributed by atoms with van der Waals surface area (Å²) in [5.74, 6) is 0.968. The Morgan fingerprint density at radius 3 is 2.25 bits per heavy atom. The molecule has 1 aliphatic heterocycles. The van der Waals surface area contributed by atoms with Gasteiger partial charge in [0.15, 0.2) is 0 Å². The molecule has 0 atom stereocenters. The first-order chi connectivity index (χ1) is 11.6. The molecule has 1 aliphatic rings.